The van der Waals surface area contributed by atoms with Crippen LogP contribution in [0.4, 0.5) is 0 Å². The molecule has 6 heteroatoms. The van der Waals surface area contributed by atoms with Gasteiger partial charge in [-0.1, -0.05) is 13.8 Å². The second-order valence-electron chi connectivity index (χ2n) is 6.62. The molecule has 6 nitrogen and oxygen atoms in total. The third-order valence-corrected chi connectivity index (χ3v) is 4.86. The number of rotatable bonds is 3. The van der Waals surface area contributed by atoms with Gasteiger partial charge in [-0.15, -0.1) is 0 Å². The molecule has 2 heterocycles. The molecule has 2 aliphatic rings. The topological polar surface area (TPSA) is 78.5 Å². The average Bonchev–Trinajstić information content (AvgIpc) is 2.48. The molecule has 3 amide bonds. The fourth-order valence-corrected chi connectivity index (χ4v) is 3.05. The van der Waals surface area contributed by atoms with E-state index in [9.17, 15) is 14.4 Å². The number of nitrogens with zero attached hydrogens (tertiary/aromatic N) is 1. The van der Waals surface area contributed by atoms with E-state index in [4.69, 9.17) is 0 Å². The molecule has 2 N–H and O–H groups in total. The van der Waals surface area contributed by atoms with E-state index < -0.39 is 11.5 Å². The Kier molecular flexibility index (Phi) is 4.66. The zero-order valence-corrected chi connectivity index (χ0v) is 13.1. The lowest BCUT2D eigenvalue weighted by molar-refractivity contribution is -0.150. The Balaban J connectivity index is 1.99. The number of nitrogens with one attached hydrogen (secondary N) is 2. The molecule has 0 aromatic carbocycles. The number of likely N-dealkylation sites (N-methyl/N-ethyl adjacent to an activating group) is 1. The number of hydrogen-bond acceptors (Lipinski definition) is 4. The van der Waals surface area contributed by atoms with Gasteiger partial charge in [-0.05, 0) is 38.3 Å². The lowest BCUT2D eigenvalue weighted by Gasteiger charge is -2.37. The Morgan fingerprint density at radius 1 is 1.33 bits per heavy atom. The molecule has 0 aromatic rings. The minimum Gasteiger partial charge on any atom is -0.344 e. The van der Waals surface area contributed by atoms with Gasteiger partial charge in [-0.25, -0.2) is 0 Å². The van der Waals surface area contributed by atoms with Crippen LogP contribution in [0.15, 0.2) is 0 Å². The molecule has 2 aliphatic heterocycles. The Morgan fingerprint density at radius 3 is 2.67 bits per heavy atom. The molecular weight excluding hydrogens is 270 g/mol. The van der Waals surface area contributed by atoms with Crippen LogP contribution >= 0.6 is 0 Å². The fourth-order valence-electron chi connectivity index (χ4n) is 3.05. The lowest BCUT2D eigenvalue weighted by Crippen LogP contribution is -2.56. The van der Waals surface area contributed by atoms with E-state index in [0.717, 1.165) is 30.8 Å². The zero-order valence-electron chi connectivity index (χ0n) is 13.1. The third kappa shape index (κ3) is 3.26. The first-order valence-corrected chi connectivity index (χ1v) is 7.66. The van der Waals surface area contributed by atoms with Gasteiger partial charge in [-0.2, -0.15) is 0 Å². The molecule has 0 aromatic heterocycles. The summed E-state index contributed by atoms with van der Waals surface area (Å²) in [4.78, 5) is 37.2. The number of carbonyl (C=O) groups excluding carboxylic acids is 3. The summed E-state index contributed by atoms with van der Waals surface area (Å²) < 4.78 is 0. The molecule has 118 valence electrons. The van der Waals surface area contributed by atoms with Gasteiger partial charge in [0.25, 0.3) is 5.91 Å². The van der Waals surface area contributed by atoms with E-state index in [0.29, 0.717) is 12.8 Å². The van der Waals surface area contributed by atoms with E-state index in [2.05, 4.69) is 10.6 Å². The minimum absolute atomic E-state index is 0.0997. The molecule has 2 rings (SSSR count). The van der Waals surface area contributed by atoms with Crippen LogP contribution in [-0.2, 0) is 14.4 Å². The summed E-state index contributed by atoms with van der Waals surface area (Å²) in [7, 11) is 1.47. The van der Waals surface area contributed by atoms with Gasteiger partial charge in [0, 0.05) is 18.9 Å². The highest BCUT2D eigenvalue weighted by Gasteiger charge is 2.40. The van der Waals surface area contributed by atoms with Crippen molar-refractivity contribution in [3.63, 3.8) is 0 Å². The zero-order chi connectivity index (χ0) is 15.6. The van der Waals surface area contributed by atoms with Crippen molar-refractivity contribution in [3.8, 4) is 0 Å². The number of imide groups is 1. The maximum atomic E-state index is 12.6. The van der Waals surface area contributed by atoms with Gasteiger partial charge < -0.3 is 10.6 Å². The highest BCUT2D eigenvalue weighted by molar-refractivity contribution is 6.01. The van der Waals surface area contributed by atoms with Crippen LogP contribution < -0.4 is 10.6 Å². The molecule has 0 aliphatic carbocycles. The molecule has 2 unspecified atom stereocenters. The molecule has 0 spiro atoms. The third-order valence-electron chi connectivity index (χ3n) is 4.86. The maximum absolute atomic E-state index is 12.6. The second-order valence-corrected chi connectivity index (χ2v) is 6.62. The van der Waals surface area contributed by atoms with Gasteiger partial charge in [0.15, 0.2) is 0 Å². The first-order valence-electron chi connectivity index (χ1n) is 7.66. The Hall–Kier alpha value is -1.43. The highest BCUT2D eigenvalue weighted by Crippen LogP contribution is 2.32. The molecule has 0 bridgehead atoms. The fraction of sp³-hybridized carbons (Fsp3) is 0.800. The van der Waals surface area contributed by atoms with Crippen molar-refractivity contribution < 1.29 is 14.4 Å². The molecule has 0 radical (unpaired) electrons. The van der Waals surface area contributed by atoms with Crippen molar-refractivity contribution in [2.75, 3.05) is 20.1 Å². The minimum atomic E-state index is -0.573. The van der Waals surface area contributed by atoms with Crippen molar-refractivity contribution in [2.24, 2.45) is 11.3 Å². The predicted molar refractivity (Wildman–Crippen MR) is 78.3 cm³/mol. The average molecular weight is 295 g/mol. The number of amides is 3. The van der Waals surface area contributed by atoms with Gasteiger partial charge in [0.1, 0.15) is 6.04 Å². The SMILES string of the molecule is CN1C(=O)CCC(NC(=O)C(C)(C)C2CCCNC2)C1=O. The van der Waals surface area contributed by atoms with E-state index in [1.54, 1.807) is 0 Å². The normalized spacial score (nSPS) is 27.7. The summed E-state index contributed by atoms with van der Waals surface area (Å²) >= 11 is 0. The molecule has 21 heavy (non-hydrogen) atoms. The Labute approximate surface area is 125 Å². The largest absolute Gasteiger partial charge is 0.344 e. The van der Waals surface area contributed by atoms with E-state index in [-0.39, 0.29) is 23.6 Å². The van der Waals surface area contributed by atoms with Crippen LogP contribution in [0, 0.1) is 11.3 Å². The van der Waals surface area contributed by atoms with Gasteiger partial charge in [-0.3, -0.25) is 19.3 Å². The summed E-state index contributed by atoms with van der Waals surface area (Å²) in [5.74, 6) is -0.319. The monoisotopic (exact) mass is 295 g/mol. The van der Waals surface area contributed by atoms with Crippen molar-refractivity contribution in [3.05, 3.63) is 0 Å². The summed E-state index contributed by atoms with van der Waals surface area (Å²) in [5.41, 5.74) is -0.520. The van der Waals surface area contributed by atoms with Crippen LogP contribution in [0.5, 0.6) is 0 Å². The van der Waals surface area contributed by atoms with Gasteiger partial charge in [0.05, 0.1) is 0 Å². The smallest absolute Gasteiger partial charge is 0.251 e. The number of hydrogen-bond donors (Lipinski definition) is 2. The molecule has 2 atom stereocenters. The van der Waals surface area contributed by atoms with Gasteiger partial charge in [0.2, 0.25) is 11.8 Å². The van der Waals surface area contributed by atoms with E-state index >= 15 is 0 Å². The highest BCUT2D eigenvalue weighted by atomic mass is 16.2. The lowest BCUT2D eigenvalue weighted by atomic mass is 9.74. The Morgan fingerprint density at radius 2 is 2.05 bits per heavy atom. The van der Waals surface area contributed by atoms with Gasteiger partial charge >= 0.3 is 0 Å². The number of carbonyl (C=O) groups is 3. The standard InChI is InChI=1S/C15H25N3O3/c1-15(2,10-5-4-8-16-9-10)14(21)17-11-6-7-12(19)18(3)13(11)20/h10-11,16H,4-9H2,1-3H3,(H,17,21). The van der Waals surface area contributed by atoms with Crippen LogP contribution in [0.3, 0.4) is 0 Å². The van der Waals surface area contributed by atoms with Crippen LogP contribution in [0.25, 0.3) is 0 Å². The molecule has 2 saturated heterocycles. The predicted octanol–water partition coefficient (Wildman–Crippen LogP) is 0.276. The summed E-state index contributed by atoms with van der Waals surface area (Å²) in [6, 6.07) is -0.573. The summed E-state index contributed by atoms with van der Waals surface area (Å²) in [6.07, 6.45) is 2.79. The van der Waals surface area contributed by atoms with E-state index in [1.807, 2.05) is 13.8 Å². The van der Waals surface area contributed by atoms with Crippen LogP contribution in [0.2, 0.25) is 0 Å². The molecule has 0 saturated carbocycles. The van der Waals surface area contributed by atoms with Crippen LogP contribution in [-0.4, -0.2) is 48.8 Å². The first-order chi connectivity index (χ1) is 9.84. The van der Waals surface area contributed by atoms with Crippen molar-refractivity contribution >= 4 is 17.7 Å². The molecule has 2 fully saturated rings. The van der Waals surface area contributed by atoms with Crippen LogP contribution in [0.1, 0.15) is 39.5 Å². The Bertz CT molecular complexity index is 441. The molecular formula is C15H25N3O3. The quantitative estimate of drug-likeness (QED) is 0.733. The first kappa shape index (κ1) is 15.9. The number of likely N-dealkylation sites (tertiary alicyclic amines) is 1. The van der Waals surface area contributed by atoms with Crippen molar-refractivity contribution in [2.45, 2.75) is 45.6 Å². The maximum Gasteiger partial charge on any atom is 0.251 e. The second kappa shape index (κ2) is 6.13. The van der Waals surface area contributed by atoms with E-state index in [1.165, 1.54) is 7.05 Å². The number of piperidine rings is 2. The van der Waals surface area contributed by atoms with Crippen molar-refractivity contribution in [1.29, 1.82) is 0 Å². The summed E-state index contributed by atoms with van der Waals surface area (Å²) in [5, 5.41) is 6.17. The van der Waals surface area contributed by atoms with Crippen molar-refractivity contribution in [1.82, 2.24) is 15.5 Å². The summed E-state index contributed by atoms with van der Waals surface area (Å²) in [6.45, 7) is 5.70.